The summed E-state index contributed by atoms with van der Waals surface area (Å²) in [4.78, 5) is 2.15. The zero-order valence-corrected chi connectivity index (χ0v) is 15.3. The number of ether oxygens (including phenoxy) is 1. The quantitative estimate of drug-likeness (QED) is 0.915. The summed E-state index contributed by atoms with van der Waals surface area (Å²) in [5.74, 6) is 2.58. The van der Waals surface area contributed by atoms with Crippen molar-refractivity contribution in [1.82, 2.24) is 15.1 Å². The van der Waals surface area contributed by atoms with Crippen LogP contribution >= 0.6 is 0 Å². The van der Waals surface area contributed by atoms with Gasteiger partial charge in [-0.2, -0.15) is 5.10 Å². The second-order valence-electron chi connectivity index (χ2n) is 6.97. The number of rotatable bonds is 5. The zero-order chi connectivity index (χ0) is 17.3. The Morgan fingerprint density at radius 1 is 1.33 bits per heavy atom. The van der Waals surface area contributed by atoms with Crippen molar-refractivity contribution in [1.29, 1.82) is 0 Å². The number of para-hydroxylation sites is 1. The van der Waals surface area contributed by atoms with Crippen LogP contribution in [0.2, 0.25) is 0 Å². The lowest BCUT2D eigenvalue weighted by Crippen LogP contribution is -2.27. The molecule has 0 radical (unpaired) electrons. The Balaban J connectivity index is 1.85. The molecule has 1 atom stereocenters. The highest BCUT2D eigenvalue weighted by atomic mass is 16.5. The molecule has 2 heterocycles. The fourth-order valence-electron chi connectivity index (χ4n) is 3.55. The van der Waals surface area contributed by atoms with Gasteiger partial charge >= 0.3 is 0 Å². The lowest BCUT2D eigenvalue weighted by molar-refractivity contribution is 0.252. The number of aromatic nitrogens is 2. The van der Waals surface area contributed by atoms with Gasteiger partial charge in [-0.1, -0.05) is 32.0 Å². The molecule has 0 bridgehead atoms. The number of nitrogens with zero attached hydrogens (tertiary/aromatic N) is 3. The monoisotopic (exact) mass is 328 g/mol. The van der Waals surface area contributed by atoms with E-state index in [1.54, 1.807) is 0 Å². The SMILES string of the molecule is CC(C)c1nn(C)c(N(C)C)c1CN[C@@H]1CCOc2ccccc21. The number of anilines is 1. The molecule has 5 heteroatoms. The number of benzene rings is 1. The van der Waals surface area contributed by atoms with E-state index >= 15 is 0 Å². The molecular formula is C19H28N4O. The van der Waals surface area contributed by atoms with Crippen molar-refractivity contribution >= 4 is 5.82 Å². The van der Waals surface area contributed by atoms with Crippen molar-refractivity contribution in [2.45, 2.75) is 38.8 Å². The lowest BCUT2D eigenvalue weighted by atomic mass is 9.99. The Kier molecular flexibility index (Phi) is 4.81. The smallest absolute Gasteiger partial charge is 0.130 e. The highest BCUT2D eigenvalue weighted by Crippen LogP contribution is 2.33. The number of hydrogen-bond acceptors (Lipinski definition) is 4. The van der Waals surface area contributed by atoms with E-state index in [1.165, 1.54) is 22.6 Å². The maximum atomic E-state index is 5.77. The molecular weight excluding hydrogens is 300 g/mol. The van der Waals surface area contributed by atoms with Crippen LogP contribution in [0, 0.1) is 0 Å². The summed E-state index contributed by atoms with van der Waals surface area (Å²) in [7, 11) is 6.18. The van der Waals surface area contributed by atoms with E-state index in [-0.39, 0.29) is 0 Å². The van der Waals surface area contributed by atoms with Crippen LogP contribution in [0.15, 0.2) is 24.3 Å². The Bertz CT molecular complexity index is 705. The van der Waals surface area contributed by atoms with Crippen molar-refractivity contribution in [3.63, 3.8) is 0 Å². The van der Waals surface area contributed by atoms with Crippen molar-refractivity contribution in [2.24, 2.45) is 7.05 Å². The van der Waals surface area contributed by atoms with Crippen LogP contribution in [-0.4, -0.2) is 30.5 Å². The molecule has 2 aromatic rings. The van der Waals surface area contributed by atoms with Gasteiger partial charge in [0.15, 0.2) is 0 Å². The number of nitrogens with one attached hydrogen (secondary N) is 1. The van der Waals surface area contributed by atoms with Gasteiger partial charge in [-0.25, -0.2) is 0 Å². The first-order valence-corrected chi connectivity index (χ1v) is 8.67. The van der Waals surface area contributed by atoms with Crippen LogP contribution in [0.3, 0.4) is 0 Å². The third kappa shape index (κ3) is 3.13. The second-order valence-corrected chi connectivity index (χ2v) is 6.97. The average Bonchev–Trinajstić information content (AvgIpc) is 2.89. The fraction of sp³-hybridized carbons (Fsp3) is 0.526. The Morgan fingerprint density at radius 3 is 2.79 bits per heavy atom. The predicted octanol–water partition coefficient (Wildman–Crippen LogP) is 3.22. The van der Waals surface area contributed by atoms with Crippen LogP contribution in [0.25, 0.3) is 0 Å². The maximum Gasteiger partial charge on any atom is 0.130 e. The lowest BCUT2D eigenvalue weighted by Gasteiger charge is -2.27. The molecule has 0 aliphatic carbocycles. The van der Waals surface area contributed by atoms with Gasteiger partial charge in [-0.3, -0.25) is 4.68 Å². The van der Waals surface area contributed by atoms with Gasteiger partial charge in [-0.05, 0) is 12.0 Å². The number of aryl methyl sites for hydroxylation is 1. The summed E-state index contributed by atoms with van der Waals surface area (Å²) in [6, 6.07) is 8.65. The third-order valence-corrected chi connectivity index (χ3v) is 4.60. The summed E-state index contributed by atoms with van der Waals surface area (Å²) in [6.45, 7) is 5.98. The minimum Gasteiger partial charge on any atom is -0.493 e. The van der Waals surface area contributed by atoms with Gasteiger partial charge in [0.1, 0.15) is 11.6 Å². The number of fused-ring (bicyclic) bond motifs is 1. The normalized spacial score (nSPS) is 16.8. The largest absolute Gasteiger partial charge is 0.493 e. The molecule has 0 saturated carbocycles. The Labute approximate surface area is 144 Å². The van der Waals surface area contributed by atoms with Gasteiger partial charge in [0.2, 0.25) is 0 Å². The Hall–Kier alpha value is -2.01. The summed E-state index contributed by atoms with van der Waals surface area (Å²) in [6.07, 6.45) is 0.992. The van der Waals surface area contributed by atoms with E-state index < -0.39 is 0 Å². The van der Waals surface area contributed by atoms with Crippen molar-refractivity contribution < 1.29 is 4.74 Å². The molecule has 0 spiro atoms. The molecule has 1 aliphatic heterocycles. The van der Waals surface area contributed by atoms with Crippen LogP contribution in [0.4, 0.5) is 5.82 Å². The molecule has 24 heavy (non-hydrogen) atoms. The minimum atomic E-state index is 0.324. The molecule has 3 rings (SSSR count). The van der Waals surface area contributed by atoms with Gasteiger partial charge in [0.25, 0.3) is 0 Å². The minimum absolute atomic E-state index is 0.324. The first-order valence-electron chi connectivity index (χ1n) is 8.67. The standard InChI is InChI=1S/C19H28N4O/c1-13(2)18-15(19(22(3)4)23(5)21-18)12-20-16-10-11-24-17-9-7-6-8-14(16)17/h6-9,13,16,20H,10-12H2,1-5H3/t16-/m1/s1. The molecule has 0 amide bonds. The van der Waals surface area contributed by atoms with E-state index in [1.807, 2.05) is 17.8 Å². The molecule has 1 N–H and O–H groups in total. The second kappa shape index (κ2) is 6.85. The highest BCUT2D eigenvalue weighted by Gasteiger charge is 2.24. The molecule has 1 aliphatic rings. The Morgan fingerprint density at radius 2 is 2.08 bits per heavy atom. The average molecular weight is 328 g/mol. The van der Waals surface area contributed by atoms with Crippen LogP contribution < -0.4 is 15.0 Å². The van der Waals surface area contributed by atoms with Gasteiger partial charge < -0.3 is 15.0 Å². The first kappa shape index (κ1) is 16.8. The summed E-state index contributed by atoms with van der Waals surface area (Å²) in [5, 5.41) is 8.49. The van der Waals surface area contributed by atoms with Crippen LogP contribution in [0.1, 0.15) is 49.0 Å². The molecule has 5 nitrogen and oxygen atoms in total. The molecule has 0 unspecified atom stereocenters. The predicted molar refractivity (Wildman–Crippen MR) is 97.8 cm³/mol. The molecule has 1 aromatic carbocycles. The molecule has 0 fully saturated rings. The van der Waals surface area contributed by atoms with Crippen LogP contribution in [-0.2, 0) is 13.6 Å². The van der Waals surface area contributed by atoms with E-state index in [9.17, 15) is 0 Å². The molecule has 0 saturated heterocycles. The van der Waals surface area contributed by atoms with Crippen molar-refractivity contribution in [3.8, 4) is 5.75 Å². The van der Waals surface area contributed by atoms with E-state index in [4.69, 9.17) is 9.84 Å². The van der Waals surface area contributed by atoms with Gasteiger partial charge in [0, 0.05) is 51.3 Å². The van der Waals surface area contributed by atoms with Crippen LogP contribution in [0.5, 0.6) is 5.75 Å². The zero-order valence-electron chi connectivity index (χ0n) is 15.3. The van der Waals surface area contributed by atoms with Gasteiger partial charge in [-0.15, -0.1) is 0 Å². The van der Waals surface area contributed by atoms with Crippen molar-refractivity contribution in [2.75, 3.05) is 25.6 Å². The maximum absolute atomic E-state index is 5.77. The topological polar surface area (TPSA) is 42.3 Å². The van der Waals surface area contributed by atoms with E-state index in [0.29, 0.717) is 12.0 Å². The van der Waals surface area contributed by atoms with Gasteiger partial charge in [0.05, 0.1) is 12.3 Å². The third-order valence-electron chi connectivity index (χ3n) is 4.60. The highest BCUT2D eigenvalue weighted by molar-refractivity contribution is 5.50. The first-order chi connectivity index (χ1) is 11.5. The van der Waals surface area contributed by atoms with E-state index in [2.05, 4.69) is 56.4 Å². The molecule has 1 aromatic heterocycles. The van der Waals surface area contributed by atoms with E-state index in [0.717, 1.165) is 25.3 Å². The van der Waals surface area contributed by atoms with Crippen molar-refractivity contribution in [3.05, 3.63) is 41.1 Å². The molecule has 130 valence electrons. The summed E-state index contributed by atoms with van der Waals surface area (Å²) >= 11 is 0. The fourth-order valence-corrected chi connectivity index (χ4v) is 3.55. The summed E-state index contributed by atoms with van der Waals surface area (Å²) < 4.78 is 7.76. The summed E-state index contributed by atoms with van der Waals surface area (Å²) in [5.41, 5.74) is 3.72. The number of hydrogen-bond donors (Lipinski definition) is 1.